The number of anilines is 1. The molecule has 1 aromatic rings. The molecule has 5 nitrogen and oxygen atoms in total. The van der Waals surface area contributed by atoms with Gasteiger partial charge in [-0.25, -0.2) is 0 Å². The fourth-order valence-electron chi connectivity index (χ4n) is 2.00. The largest absolute Gasteiger partial charge is 0.388 e. The second-order valence-corrected chi connectivity index (χ2v) is 6.12. The maximum Gasteiger partial charge on any atom is 0.313 e. The van der Waals surface area contributed by atoms with Crippen molar-refractivity contribution in [3.8, 4) is 0 Å². The molecule has 0 saturated carbocycles. The van der Waals surface area contributed by atoms with E-state index >= 15 is 0 Å². The Morgan fingerprint density at radius 2 is 1.91 bits per heavy atom. The van der Waals surface area contributed by atoms with Crippen LogP contribution >= 0.6 is 0 Å². The molecule has 0 radical (unpaired) electrons. The Hall–Kier alpha value is -1.88. The van der Waals surface area contributed by atoms with Crippen LogP contribution in [0.1, 0.15) is 38.3 Å². The fourth-order valence-corrected chi connectivity index (χ4v) is 2.00. The molecule has 0 aromatic heterocycles. The summed E-state index contributed by atoms with van der Waals surface area (Å²) >= 11 is 0. The molecular formula is C17H26N2O3. The van der Waals surface area contributed by atoms with Crippen molar-refractivity contribution in [3.05, 3.63) is 29.3 Å². The van der Waals surface area contributed by atoms with Gasteiger partial charge in [-0.2, -0.15) is 0 Å². The topological polar surface area (TPSA) is 78.4 Å². The predicted octanol–water partition coefficient (Wildman–Crippen LogP) is 2.16. The van der Waals surface area contributed by atoms with Gasteiger partial charge >= 0.3 is 11.8 Å². The van der Waals surface area contributed by atoms with Crippen LogP contribution in [0.4, 0.5) is 5.69 Å². The summed E-state index contributed by atoms with van der Waals surface area (Å²) in [5.74, 6) is -1.45. The zero-order valence-corrected chi connectivity index (χ0v) is 14.0. The third kappa shape index (κ3) is 4.84. The number of aryl methyl sites for hydroxylation is 2. The van der Waals surface area contributed by atoms with Gasteiger partial charge in [0.2, 0.25) is 0 Å². The molecule has 0 aliphatic rings. The van der Waals surface area contributed by atoms with E-state index in [4.69, 9.17) is 0 Å². The molecular weight excluding hydrogens is 280 g/mol. The van der Waals surface area contributed by atoms with Gasteiger partial charge in [0.05, 0.1) is 5.60 Å². The number of nitrogens with one attached hydrogen (secondary N) is 2. The van der Waals surface area contributed by atoms with E-state index in [1.165, 1.54) is 0 Å². The van der Waals surface area contributed by atoms with E-state index in [0.717, 1.165) is 17.5 Å². The molecule has 0 aliphatic heterocycles. The Bertz CT molecular complexity index is 553. The standard InChI is InChI=1S/C17H26N2O3/c1-6-13(4)17(5,22)10-18-15(20)16(21)19-14-9-11(2)7-8-12(14)3/h7-9,13,22H,6,10H2,1-5H3,(H,18,20)(H,19,21). The van der Waals surface area contributed by atoms with Gasteiger partial charge < -0.3 is 15.7 Å². The van der Waals surface area contributed by atoms with Gasteiger partial charge in [-0.1, -0.05) is 32.4 Å². The lowest BCUT2D eigenvalue weighted by atomic mass is 9.89. The number of carbonyl (C=O) groups is 2. The molecule has 1 rings (SSSR count). The van der Waals surface area contributed by atoms with Gasteiger partial charge in [0.1, 0.15) is 0 Å². The van der Waals surface area contributed by atoms with Crippen LogP contribution in [0.15, 0.2) is 18.2 Å². The van der Waals surface area contributed by atoms with E-state index in [9.17, 15) is 14.7 Å². The van der Waals surface area contributed by atoms with Gasteiger partial charge in [0.25, 0.3) is 0 Å². The molecule has 122 valence electrons. The molecule has 1 aromatic carbocycles. The zero-order chi connectivity index (χ0) is 16.9. The zero-order valence-electron chi connectivity index (χ0n) is 14.0. The third-order valence-corrected chi connectivity index (χ3v) is 4.13. The molecule has 2 atom stereocenters. The van der Waals surface area contributed by atoms with Crippen molar-refractivity contribution in [3.63, 3.8) is 0 Å². The lowest BCUT2D eigenvalue weighted by Gasteiger charge is -2.29. The molecule has 22 heavy (non-hydrogen) atoms. The molecule has 0 fully saturated rings. The highest BCUT2D eigenvalue weighted by Gasteiger charge is 2.28. The Balaban J connectivity index is 2.63. The van der Waals surface area contributed by atoms with Crippen LogP contribution in [0, 0.1) is 19.8 Å². The van der Waals surface area contributed by atoms with Crippen molar-refractivity contribution in [2.75, 3.05) is 11.9 Å². The van der Waals surface area contributed by atoms with Crippen LogP contribution in [-0.4, -0.2) is 29.1 Å². The lowest BCUT2D eigenvalue weighted by Crippen LogP contribution is -2.47. The van der Waals surface area contributed by atoms with Crippen LogP contribution in [0.25, 0.3) is 0 Å². The Morgan fingerprint density at radius 1 is 1.27 bits per heavy atom. The van der Waals surface area contributed by atoms with E-state index in [1.54, 1.807) is 6.92 Å². The van der Waals surface area contributed by atoms with Crippen molar-refractivity contribution in [2.45, 2.75) is 46.6 Å². The molecule has 0 aliphatic carbocycles. The van der Waals surface area contributed by atoms with Gasteiger partial charge in [0.15, 0.2) is 0 Å². The van der Waals surface area contributed by atoms with Crippen LogP contribution in [-0.2, 0) is 9.59 Å². The molecule has 2 amide bonds. The number of hydrogen-bond donors (Lipinski definition) is 3. The number of aliphatic hydroxyl groups is 1. The van der Waals surface area contributed by atoms with Crippen molar-refractivity contribution in [2.24, 2.45) is 5.92 Å². The minimum absolute atomic E-state index is 0.0230. The van der Waals surface area contributed by atoms with E-state index in [1.807, 2.05) is 45.9 Å². The summed E-state index contributed by atoms with van der Waals surface area (Å²) in [5, 5.41) is 15.3. The summed E-state index contributed by atoms with van der Waals surface area (Å²) in [5.41, 5.74) is 1.47. The maximum atomic E-state index is 11.9. The second kappa shape index (κ2) is 7.40. The second-order valence-electron chi connectivity index (χ2n) is 6.12. The Kier molecular flexibility index (Phi) is 6.11. The van der Waals surface area contributed by atoms with Crippen molar-refractivity contribution in [1.82, 2.24) is 5.32 Å². The van der Waals surface area contributed by atoms with Crippen molar-refractivity contribution in [1.29, 1.82) is 0 Å². The molecule has 5 heteroatoms. The Labute approximate surface area is 132 Å². The minimum Gasteiger partial charge on any atom is -0.388 e. The normalized spacial score (nSPS) is 14.8. The van der Waals surface area contributed by atoms with Crippen molar-refractivity contribution >= 4 is 17.5 Å². The summed E-state index contributed by atoms with van der Waals surface area (Å²) in [6.07, 6.45) is 0.789. The summed E-state index contributed by atoms with van der Waals surface area (Å²) in [7, 11) is 0. The van der Waals surface area contributed by atoms with E-state index in [2.05, 4.69) is 10.6 Å². The molecule has 0 saturated heterocycles. The average Bonchev–Trinajstić information content (AvgIpc) is 2.47. The van der Waals surface area contributed by atoms with Crippen LogP contribution < -0.4 is 10.6 Å². The first-order chi connectivity index (χ1) is 10.2. The number of carbonyl (C=O) groups excluding carboxylic acids is 2. The molecule has 0 heterocycles. The van der Waals surface area contributed by atoms with Gasteiger partial charge in [-0.05, 0) is 43.9 Å². The van der Waals surface area contributed by atoms with Crippen molar-refractivity contribution < 1.29 is 14.7 Å². The number of amides is 2. The lowest BCUT2D eigenvalue weighted by molar-refractivity contribution is -0.137. The Morgan fingerprint density at radius 3 is 2.50 bits per heavy atom. The van der Waals surface area contributed by atoms with Gasteiger partial charge in [-0.15, -0.1) is 0 Å². The highest BCUT2D eigenvalue weighted by Crippen LogP contribution is 2.19. The molecule has 3 N–H and O–H groups in total. The van der Waals surface area contributed by atoms with Crippen LogP contribution in [0.3, 0.4) is 0 Å². The first-order valence-corrected chi connectivity index (χ1v) is 7.56. The molecule has 0 spiro atoms. The quantitative estimate of drug-likeness (QED) is 0.729. The van der Waals surface area contributed by atoms with E-state index in [-0.39, 0.29) is 12.5 Å². The summed E-state index contributed by atoms with van der Waals surface area (Å²) in [6.45, 7) is 9.35. The average molecular weight is 306 g/mol. The molecule has 0 bridgehead atoms. The highest BCUT2D eigenvalue weighted by atomic mass is 16.3. The SMILES string of the molecule is CCC(C)C(C)(O)CNC(=O)C(=O)Nc1cc(C)ccc1C. The first-order valence-electron chi connectivity index (χ1n) is 7.56. The third-order valence-electron chi connectivity index (χ3n) is 4.13. The van der Waals surface area contributed by atoms with Gasteiger partial charge in [0, 0.05) is 12.2 Å². The summed E-state index contributed by atoms with van der Waals surface area (Å²) in [4.78, 5) is 23.8. The minimum atomic E-state index is -1.04. The summed E-state index contributed by atoms with van der Waals surface area (Å²) < 4.78 is 0. The number of hydrogen-bond acceptors (Lipinski definition) is 3. The first kappa shape index (κ1) is 18.2. The fraction of sp³-hybridized carbons (Fsp3) is 0.529. The summed E-state index contributed by atoms with van der Waals surface area (Å²) in [6, 6.07) is 5.64. The van der Waals surface area contributed by atoms with Crippen LogP contribution in [0.5, 0.6) is 0 Å². The number of rotatable bonds is 5. The maximum absolute atomic E-state index is 11.9. The highest BCUT2D eigenvalue weighted by molar-refractivity contribution is 6.39. The van der Waals surface area contributed by atoms with Crippen LogP contribution in [0.2, 0.25) is 0 Å². The predicted molar refractivity (Wildman–Crippen MR) is 87.6 cm³/mol. The number of benzene rings is 1. The monoisotopic (exact) mass is 306 g/mol. The van der Waals surface area contributed by atoms with Gasteiger partial charge in [-0.3, -0.25) is 9.59 Å². The van der Waals surface area contributed by atoms with E-state index < -0.39 is 17.4 Å². The van der Waals surface area contributed by atoms with E-state index in [0.29, 0.717) is 5.69 Å². The molecule has 2 unspecified atom stereocenters. The smallest absolute Gasteiger partial charge is 0.313 e.